The van der Waals surface area contributed by atoms with Crippen LogP contribution >= 0.6 is 15.9 Å². The highest BCUT2D eigenvalue weighted by Crippen LogP contribution is 2.20. The molecule has 0 saturated carbocycles. The van der Waals surface area contributed by atoms with E-state index in [2.05, 4.69) is 62.9 Å². The highest BCUT2D eigenvalue weighted by Gasteiger charge is 2.20. The van der Waals surface area contributed by atoms with E-state index in [0.717, 1.165) is 29.0 Å². The van der Waals surface area contributed by atoms with Crippen LogP contribution in [0.15, 0.2) is 52.1 Å². The monoisotopic (exact) mass is 332 g/mol. The van der Waals surface area contributed by atoms with Crippen LogP contribution in [0.25, 0.3) is 0 Å². The van der Waals surface area contributed by atoms with Crippen LogP contribution in [-0.2, 0) is 11.3 Å². The summed E-state index contributed by atoms with van der Waals surface area (Å²) in [5.41, 5.74) is 2.30. The first-order valence-electron chi connectivity index (χ1n) is 6.87. The summed E-state index contributed by atoms with van der Waals surface area (Å²) in [7, 11) is 0. The van der Waals surface area contributed by atoms with Crippen LogP contribution in [0.4, 0.5) is 0 Å². The molecule has 0 spiro atoms. The SMILES string of the molecule is CCC1COC(c2cccn2Cc2ccccc2Br)=N1. The van der Waals surface area contributed by atoms with Gasteiger partial charge in [-0.25, -0.2) is 4.99 Å². The van der Waals surface area contributed by atoms with Crippen LogP contribution < -0.4 is 0 Å². The number of hydrogen-bond acceptors (Lipinski definition) is 2. The molecule has 1 unspecified atom stereocenters. The lowest BCUT2D eigenvalue weighted by molar-refractivity contribution is 0.313. The molecule has 0 N–H and O–H groups in total. The number of nitrogens with zero attached hydrogens (tertiary/aromatic N) is 2. The summed E-state index contributed by atoms with van der Waals surface area (Å²) in [6.45, 7) is 3.65. The number of halogens is 1. The third-order valence-corrected chi connectivity index (χ3v) is 4.30. The molecule has 0 amide bonds. The van der Waals surface area contributed by atoms with Crippen LogP contribution in [0.2, 0.25) is 0 Å². The maximum atomic E-state index is 5.73. The molecule has 2 heterocycles. The zero-order valence-electron chi connectivity index (χ0n) is 11.4. The fraction of sp³-hybridized carbons (Fsp3) is 0.312. The maximum Gasteiger partial charge on any atom is 0.233 e. The third kappa shape index (κ3) is 2.66. The molecule has 1 aliphatic heterocycles. The van der Waals surface area contributed by atoms with Crippen LogP contribution in [0, 0.1) is 0 Å². The van der Waals surface area contributed by atoms with Crippen molar-refractivity contribution in [1.82, 2.24) is 4.57 Å². The zero-order valence-corrected chi connectivity index (χ0v) is 13.0. The lowest BCUT2D eigenvalue weighted by Crippen LogP contribution is -2.10. The van der Waals surface area contributed by atoms with Gasteiger partial charge in [0.25, 0.3) is 0 Å². The average Bonchev–Trinajstić information content (AvgIpc) is 3.09. The van der Waals surface area contributed by atoms with E-state index in [1.165, 1.54) is 5.56 Å². The molecule has 3 nitrogen and oxygen atoms in total. The predicted molar refractivity (Wildman–Crippen MR) is 84.2 cm³/mol. The highest BCUT2D eigenvalue weighted by molar-refractivity contribution is 9.10. The molecule has 0 radical (unpaired) electrons. The van der Waals surface area contributed by atoms with Crippen LogP contribution in [0.1, 0.15) is 24.6 Å². The summed E-state index contributed by atoms with van der Waals surface area (Å²) in [6, 6.07) is 12.7. The summed E-state index contributed by atoms with van der Waals surface area (Å²) in [4.78, 5) is 4.64. The minimum Gasteiger partial charge on any atom is -0.474 e. The van der Waals surface area contributed by atoms with Gasteiger partial charge >= 0.3 is 0 Å². The van der Waals surface area contributed by atoms with Gasteiger partial charge in [0.1, 0.15) is 12.3 Å². The maximum absolute atomic E-state index is 5.73. The number of rotatable bonds is 4. The molecular weight excluding hydrogens is 316 g/mol. The number of ether oxygens (including phenoxy) is 1. The molecule has 1 aromatic heterocycles. The lowest BCUT2D eigenvalue weighted by Gasteiger charge is -2.10. The molecule has 1 aliphatic rings. The van der Waals surface area contributed by atoms with Crippen molar-refractivity contribution in [3.8, 4) is 0 Å². The van der Waals surface area contributed by atoms with Crippen molar-refractivity contribution in [3.05, 3.63) is 58.3 Å². The summed E-state index contributed by atoms with van der Waals surface area (Å²) in [5.74, 6) is 0.772. The molecular formula is C16H17BrN2O. The van der Waals surface area contributed by atoms with Crippen molar-refractivity contribution >= 4 is 21.8 Å². The minimum atomic E-state index is 0.303. The first kappa shape index (κ1) is 13.4. The number of aromatic nitrogens is 1. The van der Waals surface area contributed by atoms with E-state index in [1.54, 1.807) is 0 Å². The molecule has 104 valence electrons. The molecule has 0 bridgehead atoms. The van der Waals surface area contributed by atoms with Gasteiger partial charge in [0.05, 0.1) is 6.04 Å². The standard InChI is InChI=1S/C16H17BrN2O/c1-2-13-11-20-16(18-13)15-8-5-9-19(15)10-12-6-3-4-7-14(12)17/h3-9,13H,2,10-11H2,1H3. The summed E-state index contributed by atoms with van der Waals surface area (Å²) < 4.78 is 9.03. The van der Waals surface area contributed by atoms with Crippen molar-refractivity contribution in [2.75, 3.05) is 6.61 Å². The molecule has 20 heavy (non-hydrogen) atoms. The fourth-order valence-corrected chi connectivity index (χ4v) is 2.73. The molecule has 1 aromatic carbocycles. The quantitative estimate of drug-likeness (QED) is 0.835. The van der Waals surface area contributed by atoms with Crippen LogP contribution in [0.5, 0.6) is 0 Å². The Kier molecular flexibility index (Phi) is 3.92. The molecule has 0 fully saturated rings. The van der Waals surface area contributed by atoms with Crippen molar-refractivity contribution in [2.24, 2.45) is 4.99 Å². The van der Waals surface area contributed by atoms with E-state index >= 15 is 0 Å². The Bertz CT molecular complexity index is 633. The average molecular weight is 333 g/mol. The molecule has 2 aromatic rings. The second-order valence-corrected chi connectivity index (χ2v) is 5.77. The van der Waals surface area contributed by atoms with Gasteiger partial charge in [0.2, 0.25) is 5.90 Å². The van der Waals surface area contributed by atoms with E-state index in [1.807, 2.05) is 12.1 Å². The third-order valence-electron chi connectivity index (χ3n) is 3.53. The normalized spacial score (nSPS) is 17.9. The minimum absolute atomic E-state index is 0.303. The van der Waals surface area contributed by atoms with Crippen LogP contribution in [-0.4, -0.2) is 23.1 Å². The van der Waals surface area contributed by atoms with Crippen molar-refractivity contribution in [1.29, 1.82) is 0 Å². The Labute approximate surface area is 127 Å². The van der Waals surface area contributed by atoms with E-state index in [0.29, 0.717) is 12.6 Å². The Morgan fingerprint density at radius 3 is 2.90 bits per heavy atom. The lowest BCUT2D eigenvalue weighted by atomic mass is 10.2. The number of aliphatic imine (C=N–C) groups is 1. The highest BCUT2D eigenvalue weighted by atomic mass is 79.9. The first-order chi connectivity index (χ1) is 9.78. The Morgan fingerprint density at radius 2 is 2.15 bits per heavy atom. The van der Waals surface area contributed by atoms with E-state index in [4.69, 9.17) is 4.74 Å². The summed E-state index contributed by atoms with van der Waals surface area (Å²) in [5, 5.41) is 0. The molecule has 3 rings (SSSR count). The van der Waals surface area contributed by atoms with Gasteiger partial charge in [0, 0.05) is 17.2 Å². The largest absolute Gasteiger partial charge is 0.474 e. The second kappa shape index (κ2) is 5.83. The Morgan fingerprint density at radius 1 is 1.30 bits per heavy atom. The van der Waals surface area contributed by atoms with Gasteiger partial charge in [-0.1, -0.05) is 41.1 Å². The Balaban J connectivity index is 1.86. The van der Waals surface area contributed by atoms with Gasteiger partial charge in [-0.2, -0.15) is 0 Å². The summed E-state index contributed by atoms with van der Waals surface area (Å²) >= 11 is 3.60. The van der Waals surface area contributed by atoms with E-state index < -0.39 is 0 Å². The fourth-order valence-electron chi connectivity index (χ4n) is 2.32. The van der Waals surface area contributed by atoms with Crippen molar-refractivity contribution in [2.45, 2.75) is 25.9 Å². The second-order valence-electron chi connectivity index (χ2n) is 4.92. The zero-order chi connectivity index (χ0) is 13.9. The van der Waals surface area contributed by atoms with Gasteiger partial charge in [-0.05, 0) is 30.2 Å². The summed E-state index contributed by atoms with van der Waals surface area (Å²) in [6.07, 6.45) is 3.09. The Hall–Kier alpha value is -1.55. The smallest absolute Gasteiger partial charge is 0.233 e. The van der Waals surface area contributed by atoms with Crippen molar-refractivity contribution < 1.29 is 4.74 Å². The van der Waals surface area contributed by atoms with E-state index in [-0.39, 0.29) is 0 Å². The first-order valence-corrected chi connectivity index (χ1v) is 7.66. The van der Waals surface area contributed by atoms with Gasteiger partial charge in [-0.3, -0.25) is 0 Å². The van der Waals surface area contributed by atoms with Crippen molar-refractivity contribution in [3.63, 3.8) is 0 Å². The van der Waals surface area contributed by atoms with E-state index in [9.17, 15) is 0 Å². The molecule has 0 saturated heterocycles. The molecule has 4 heteroatoms. The number of hydrogen-bond donors (Lipinski definition) is 0. The van der Waals surface area contributed by atoms with Gasteiger partial charge in [-0.15, -0.1) is 0 Å². The molecule has 1 atom stereocenters. The predicted octanol–water partition coefficient (Wildman–Crippen LogP) is 3.85. The molecule has 0 aliphatic carbocycles. The number of benzene rings is 1. The topological polar surface area (TPSA) is 26.5 Å². The van der Waals surface area contributed by atoms with Gasteiger partial charge < -0.3 is 9.30 Å². The van der Waals surface area contributed by atoms with Gasteiger partial charge in [0.15, 0.2) is 0 Å². The van der Waals surface area contributed by atoms with Crippen LogP contribution in [0.3, 0.4) is 0 Å².